The van der Waals surface area contributed by atoms with Gasteiger partial charge in [-0.1, -0.05) is 6.42 Å². The predicted molar refractivity (Wildman–Crippen MR) is 49.5 cm³/mol. The fourth-order valence-electron chi connectivity index (χ4n) is 1.91. The highest BCUT2D eigenvalue weighted by atomic mass is 15.2. The van der Waals surface area contributed by atoms with Gasteiger partial charge in [0.2, 0.25) is 0 Å². The van der Waals surface area contributed by atoms with Crippen molar-refractivity contribution in [3.05, 3.63) is 6.54 Å². The largest absolute Gasteiger partial charge is 0.454 e. The normalized spacial score (nSPS) is 36.0. The van der Waals surface area contributed by atoms with Crippen molar-refractivity contribution in [3.63, 3.8) is 0 Å². The first-order chi connectivity index (χ1) is 5.95. The molecule has 0 radical (unpaired) electrons. The van der Waals surface area contributed by atoms with E-state index in [4.69, 9.17) is 0 Å². The molecule has 2 rings (SSSR count). The van der Waals surface area contributed by atoms with E-state index in [9.17, 15) is 0 Å². The Bertz CT molecular complexity index is 110. The minimum atomic E-state index is 0.535. The average Bonchev–Trinajstić information content (AvgIpc) is 2.74. The van der Waals surface area contributed by atoms with Crippen LogP contribution in [0.15, 0.2) is 0 Å². The lowest BCUT2D eigenvalue weighted by molar-refractivity contribution is 0.489. The Morgan fingerprint density at radius 2 is 1.92 bits per heavy atom. The standard InChI is InChI=1S/C9H18N3/c1-3-8(10-5-1)7-12-9-4-2-6-11-9/h7-12H,1-6H2/q-1. The second kappa shape index (κ2) is 4.21. The molecule has 0 aromatic rings. The van der Waals surface area contributed by atoms with E-state index in [0.717, 1.165) is 0 Å². The van der Waals surface area contributed by atoms with Crippen LogP contribution in [-0.2, 0) is 0 Å². The first kappa shape index (κ1) is 8.48. The van der Waals surface area contributed by atoms with Crippen molar-refractivity contribution in [3.8, 4) is 0 Å². The Hall–Kier alpha value is -0.120. The Morgan fingerprint density at radius 3 is 2.58 bits per heavy atom. The van der Waals surface area contributed by atoms with E-state index in [1.54, 1.807) is 0 Å². The van der Waals surface area contributed by atoms with Gasteiger partial charge in [-0.3, -0.25) is 6.54 Å². The minimum Gasteiger partial charge on any atom is -0.454 e. The molecule has 0 aromatic carbocycles. The van der Waals surface area contributed by atoms with Crippen LogP contribution in [0.5, 0.6) is 0 Å². The molecule has 0 aromatic heterocycles. The van der Waals surface area contributed by atoms with Crippen LogP contribution in [0, 0.1) is 6.54 Å². The summed E-state index contributed by atoms with van der Waals surface area (Å²) in [4.78, 5) is 0. The van der Waals surface area contributed by atoms with Crippen LogP contribution in [0.2, 0.25) is 0 Å². The summed E-state index contributed by atoms with van der Waals surface area (Å²) in [7, 11) is 0. The molecule has 0 bridgehead atoms. The van der Waals surface area contributed by atoms with Gasteiger partial charge in [0.1, 0.15) is 0 Å². The van der Waals surface area contributed by atoms with Crippen molar-refractivity contribution in [2.75, 3.05) is 13.1 Å². The molecule has 2 saturated heterocycles. The summed E-state index contributed by atoms with van der Waals surface area (Å²) >= 11 is 0. The molecule has 2 atom stereocenters. The van der Waals surface area contributed by atoms with Gasteiger partial charge in [0.05, 0.1) is 0 Å². The van der Waals surface area contributed by atoms with Gasteiger partial charge in [-0.05, 0) is 32.4 Å². The van der Waals surface area contributed by atoms with E-state index in [-0.39, 0.29) is 0 Å². The molecule has 3 N–H and O–H groups in total. The Morgan fingerprint density at radius 1 is 1.08 bits per heavy atom. The maximum Gasteiger partial charge on any atom is 0.0301 e. The molecular weight excluding hydrogens is 150 g/mol. The molecule has 0 saturated carbocycles. The van der Waals surface area contributed by atoms with E-state index in [0.29, 0.717) is 12.2 Å². The van der Waals surface area contributed by atoms with Crippen LogP contribution in [0.1, 0.15) is 25.7 Å². The Labute approximate surface area is 74.3 Å². The average molecular weight is 168 g/mol. The maximum absolute atomic E-state index is 3.43. The molecule has 2 fully saturated rings. The second-order valence-corrected chi connectivity index (χ2v) is 3.69. The monoisotopic (exact) mass is 168 g/mol. The van der Waals surface area contributed by atoms with Crippen LogP contribution in [0.25, 0.3) is 0 Å². The van der Waals surface area contributed by atoms with Crippen molar-refractivity contribution in [1.82, 2.24) is 16.0 Å². The summed E-state index contributed by atoms with van der Waals surface area (Å²) in [5, 5.41) is 10.3. The molecule has 2 unspecified atom stereocenters. The van der Waals surface area contributed by atoms with Gasteiger partial charge in [-0.2, -0.15) is 0 Å². The number of rotatable bonds is 3. The van der Waals surface area contributed by atoms with Crippen LogP contribution in [0.4, 0.5) is 0 Å². The fraction of sp³-hybridized carbons (Fsp3) is 0.889. The molecule has 2 aliphatic heterocycles. The highest BCUT2D eigenvalue weighted by Crippen LogP contribution is 2.08. The van der Waals surface area contributed by atoms with E-state index in [2.05, 4.69) is 22.5 Å². The van der Waals surface area contributed by atoms with Crippen LogP contribution < -0.4 is 16.0 Å². The van der Waals surface area contributed by atoms with Gasteiger partial charge < -0.3 is 16.0 Å². The third kappa shape index (κ3) is 2.19. The summed E-state index contributed by atoms with van der Waals surface area (Å²) in [6, 6.07) is 0.604. The second-order valence-electron chi connectivity index (χ2n) is 3.69. The first-order valence-corrected chi connectivity index (χ1v) is 5.01. The van der Waals surface area contributed by atoms with Crippen molar-refractivity contribution in [1.29, 1.82) is 0 Å². The summed E-state index contributed by atoms with van der Waals surface area (Å²) in [6.07, 6.45) is 5.72. The summed E-state index contributed by atoms with van der Waals surface area (Å²) in [5.74, 6) is 0. The van der Waals surface area contributed by atoms with E-state index in [1.165, 1.54) is 38.8 Å². The van der Waals surface area contributed by atoms with E-state index < -0.39 is 0 Å². The first-order valence-electron chi connectivity index (χ1n) is 5.01. The lowest BCUT2D eigenvalue weighted by atomic mass is 10.2. The van der Waals surface area contributed by atoms with Gasteiger partial charge in [0.15, 0.2) is 0 Å². The number of hydrogen-bond donors (Lipinski definition) is 3. The van der Waals surface area contributed by atoms with Gasteiger partial charge in [-0.25, -0.2) is 0 Å². The molecule has 3 nitrogen and oxygen atoms in total. The minimum absolute atomic E-state index is 0.535. The number of hydrogen-bond acceptors (Lipinski definition) is 3. The molecule has 12 heavy (non-hydrogen) atoms. The summed E-state index contributed by atoms with van der Waals surface area (Å²) in [6.45, 7) is 4.57. The predicted octanol–water partition coefficient (Wildman–Crippen LogP) is 0.199. The topological polar surface area (TPSA) is 36.1 Å². The van der Waals surface area contributed by atoms with Crippen molar-refractivity contribution in [2.45, 2.75) is 37.9 Å². The van der Waals surface area contributed by atoms with E-state index in [1.807, 2.05) is 0 Å². The molecule has 0 amide bonds. The Balaban J connectivity index is 1.60. The fourth-order valence-corrected chi connectivity index (χ4v) is 1.91. The lowest BCUT2D eigenvalue weighted by Gasteiger charge is -2.27. The quantitative estimate of drug-likeness (QED) is 0.527. The van der Waals surface area contributed by atoms with Gasteiger partial charge in [-0.15, -0.1) is 6.04 Å². The van der Waals surface area contributed by atoms with Crippen LogP contribution in [-0.4, -0.2) is 25.3 Å². The molecule has 70 valence electrons. The smallest absolute Gasteiger partial charge is 0.0301 e. The number of nitrogens with one attached hydrogen (secondary N) is 3. The van der Waals surface area contributed by atoms with Crippen molar-refractivity contribution in [2.24, 2.45) is 0 Å². The third-order valence-electron chi connectivity index (χ3n) is 2.66. The lowest BCUT2D eigenvalue weighted by Crippen LogP contribution is -2.40. The SMILES string of the molecule is [CH-](NC1CCCN1)C1CCCN1. The van der Waals surface area contributed by atoms with Gasteiger partial charge in [0.25, 0.3) is 0 Å². The van der Waals surface area contributed by atoms with Crippen LogP contribution in [0.3, 0.4) is 0 Å². The van der Waals surface area contributed by atoms with Crippen LogP contribution >= 0.6 is 0 Å². The zero-order chi connectivity index (χ0) is 8.23. The van der Waals surface area contributed by atoms with Gasteiger partial charge in [0, 0.05) is 6.17 Å². The highest BCUT2D eigenvalue weighted by Gasteiger charge is 2.11. The molecule has 3 heteroatoms. The molecule has 2 aliphatic rings. The van der Waals surface area contributed by atoms with Crippen molar-refractivity contribution >= 4 is 0 Å². The Kier molecular flexibility index (Phi) is 2.98. The highest BCUT2D eigenvalue weighted by molar-refractivity contribution is 4.88. The van der Waals surface area contributed by atoms with Gasteiger partial charge >= 0.3 is 0 Å². The third-order valence-corrected chi connectivity index (χ3v) is 2.66. The molecule has 0 aliphatic carbocycles. The van der Waals surface area contributed by atoms with E-state index >= 15 is 0 Å². The van der Waals surface area contributed by atoms with Crippen molar-refractivity contribution < 1.29 is 0 Å². The zero-order valence-electron chi connectivity index (χ0n) is 7.47. The summed E-state index contributed by atoms with van der Waals surface area (Å²) < 4.78 is 0. The molecule has 0 spiro atoms. The maximum atomic E-state index is 3.43. The molecular formula is C9H18N3-. The summed E-state index contributed by atoms with van der Waals surface area (Å²) in [5.41, 5.74) is 0. The molecule has 2 heterocycles. The zero-order valence-corrected chi connectivity index (χ0v) is 7.47.